The first kappa shape index (κ1) is 16.6. The molecule has 0 spiro atoms. The molecule has 0 radical (unpaired) electrons. The van der Waals surface area contributed by atoms with E-state index in [9.17, 15) is 4.79 Å². The zero-order valence-electron chi connectivity index (χ0n) is 13.5. The molecule has 1 unspecified atom stereocenters. The standard InChI is InChI=1S/C18H22N2OS/c1-13(22-16-7-5-6-12-19-16)17(21)20-15-10-8-14(9-11-15)18(2,3)4/h5-13H,1-4H3,(H,20,21). The summed E-state index contributed by atoms with van der Waals surface area (Å²) in [6.07, 6.45) is 1.73. The van der Waals surface area contributed by atoms with Crippen LogP contribution in [0.1, 0.15) is 33.3 Å². The normalized spacial score (nSPS) is 12.7. The zero-order chi connectivity index (χ0) is 16.2. The number of anilines is 1. The number of thioether (sulfide) groups is 1. The minimum absolute atomic E-state index is 0.0147. The van der Waals surface area contributed by atoms with Crippen molar-refractivity contribution in [3.63, 3.8) is 0 Å². The highest BCUT2D eigenvalue weighted by molar-refractivity contribution is 8.00. The summed E-state index contributed by atoms with van der Waals surface area (Å²) in [6.45, 7) is 8.41. The highest BCUT2D eigenvalue weighted by Crippen LogP contribution is 2.25. The van der Waals surface area contributed by atoms with Crippen LogP contribution in [0.2, 0.25) is 0 Å². The van der Waals surface area contributed by atoms with E-state index in [1.165, 1.54) is 17.3 Å². The van der Waals surface area contributed by atoms with E-state index in [1.807, 2.05) is 37.3 Å². The fourth-order valence-corrected chi connectivity index (χ4v) is 2.76. The van der Waals surface area contributed by atoms with Gasteiger partial charge in [0.05, 0.1) is 10.3 Å². The first-order valence-corrected chi connectivity index (χ1v) is 8.23. The van der Waals surface area contributed by atoms with E-state index in [2.05, 4.69) is 43.2 Å². The van der Waals surface area contributed by atoms with Gasteiger partial charge in [-0.3, -0.25) is 4.79 Å². The average Bonchev–Trinajstić information content (AvgIpc) is 2.48. The molecule has 116 valence electrons. The Bertz CT molecular complexity index is 618. The van der Waals surface area contributed by atoms with Crippen molar-refractivity contribution in [2.24, 2.45) is 0 Å². The van der Waals surface area contributed by atoms with Crippen molar-refractivity contribution in [3.8, 4) is 0 Å². The van der Waals surface area contributed by atoms with E-state index in [0.29, 0.717) is 0 Å². The molecule has 0 fully saturated rings. The minimum Gasteiger partial charge on any atom is -0.325 e. The second kappa shape index (κ2) is 6.97. The van der Waals surface area contributed by atoms with Crippen LogP contribution in [0, 0.1) is 0 Å². The third-order valence-corrected chi connectivity index (χ3v) is 4.37. The maximum absolute atomic E-state index is 12.2. The number of rotatable bonds is 4. The number of nitrogens with one attached hydrogen (secondary N) is 1. The molecule has 1 amide bonds. The van der Waals surface area contributed by atoms with Crippen LogP contribution >= 0.6 is 11.8 Å². The Labute approximate surface area is 136 Å². The molecule has 0 aliphatic heterocycles. The zero-order valence-corrected chi connectivity index (χ0v) is 14.3. The Morgan fingerprint density at radius 3 is 2.36 bits per heavy atom. The largest absolute Gasteiger partial charge is 0.325 e. The van der Waals surface area contributed by atoms with Gasteiger partial charge in [0, 0.05) is 11.9 Å². The lowest BCUT2D eigenvalue weighted by atomic mass is 9.87. The van der Waals surface area contributed by atoms with Crippen molar-refractivity contribution < 1.29 is 4.79 Å². The molecule has 1 atom stereocenters. The van der Waals surface area contributed by atoms with E-state index < -0.39 is 0 Å². The quantitative estimate of drug-likeness (QED) is 0.845. The van der Waals surface area contributed by atoms with E-state index >= 15 is 0 Å². The Morgan fingerprint density at radius 2 is 1.82 bits per heavy atom. The van der Waals surface area contributed by atoms with E-state index in [1.54, 1.807) is 6.20 Å². The highest BCUT2D eigenvalue weighted by Gasteiger charge is 2.16. The summed E-state index contributed by atoms with van der Waals surface area (Å²) in [5, 5.41) is 3.61. The molecule has 1 aromatic heterocycles. The summed E-state index contributed by atoms with van der Waals surface area (Å²) in [4.78, 5) is 16.5. The van der Waals surface area contributed by atoms with Crippen LogP contribution in [0.5, 0.6) is 0 Å². The Hall–Kier alpha value is -1.81. The number of benzene rings is 1. The summed E-state index contributed by atoms with van der Waals surface area (Å²) in [5.74, 6) is -0.0147. The summed E-state index contributed by atoms with van der Waals surface area (Å²) in [5.41, 5.74) is 2.19. The molecule has 4 heteroatoms. The van der Waals surface area contributed by atoms with Gasteiger partial charge in [0.25, 0.3) is 0 Å². The van der Waals surface area contributed by atoms with E-state index in [0.717, 1.165) is 10.7 Å². The topological polar surface area (TPSA) is 42.0 Å². The maximum atomic E-state index is 12.2. The van der Waals surface area contributed by atoms with Crippen molar-refractivity contribution in [1.29, 1.82) is 0 Å². The molecule has 0 aliphatic carbocycles. The smallest absolute Gasteiger partial charge is 0.237 e. The number of aromatic nitrogens is 1. The van der Waals surface area contributed by atoms with Gasteiger partial charge in [-0.2, -0.15) is 0 Å². The SMILES string of the molecule is CC(Sc1ccccn1)C(=O)Nc1ccc(C(C)(C)C)cc1. The van der Waals surface area contributed by atoms with Crippen molar-refractivity contribution >= 4 is 23.4 Å². The predicted molar refractivity (Wildman–Crippen MR) is 93.3 cm³/mol. The number of pyridine rings is 1. The maximum Gasteiger partial charge on any atom is 0.237 e. The molecule has 0 aliphatic rings. The third-order valence-electron chi connectivity index (χ3n) is 3.32. The Kier molecular flexibility index (Phi) is 5.24. The van der Waals surface area contributed by atoms with Crippen LogP contribution in [0.15, 0.2) is 53.7 Å². The fraction of sp³-hybridized carbons (Fsp3) is 0.333. The molecular formula is C18H22N2OS. The molecule has 0 bridgehead atoms. The summed E-state index contributed by atoms with van der Waals surface area (Å²) in [6, 6.07) is 13.7. The average molecular weight is 314 g/mol. The predicted octanol–water partition coefficient (Wildman–Crippen LogP) is 4.50. The number of carbonyl (C=O) groups is 1. The van der Waals surface area contributed by atoms with Gasteiger partial charge in [-0.05, 0) is 42.2 Å². The Morgan fingerprint density at radius 1 is 1.14 bits per heavy atom. The van der Waals surface area contributed by atoms with Crippen LogP contribution in [-0.2, 0) is 10.2 Å². The number of carbonyl (C=O) groups excluding carboxylic acids is 1. The van der Waals surface area contributed by atoms with Gasteiger partial charge in [0.15, 0.2) is 0 Å². The van der Waals surface area contributed by atoms with E-state index in [4.69, 9.17) is 0 Å². The van der Waals surface area contributed by atoms with Crippen LogP contribution in [0.25, 0.3) is 0 Å². The van der Waals surface area contributed by atoms with Gasteiger partial charge in [0.1, 0.15) is 0 Å². The third kappa shape index (κ3) is 4.60. The van der Waals surface area contributed by atoms with Crippen molar-refractivity contribution in [1.82, 2.24) is 4.98 Å². The van der Waals surface area contributed by atoms with E-state index in [-0.39, 0.29) is 16.6 Å². The van der Waals surface area contributed by atoms with Crippen LogP contribution in [-0.4, -0.2) is 16.1 Å². The van der Waals surface area contributed by atoms with Crippen molar-refractivity contribution in [2.75, 3.05) is 5.32 Å². The minimum atomic E-state index is -0.197. The monoisotopic (exact) mass is 314 g/mol. The Balaban J connectivity index is 1.96. The molecule has 22 heavy (non-hydrogen) atoms. The van der Waals surface area contributed by atoms with Gasteiger partial charge in [-0.1, -0.05) is 50.7 Å². The molecule has 1 heterocycles. The van der Waals surface area contributed by atoms with Gasteiger partial charge >= 0.3 is 0 Å². The first-order valence-electron chi connectivity index (χ1n) is 7.35. The molecule has 1 N–H and O–H groups in total. The second-order valence-electron chi connectivity index (χ2n) is 6.24. The number of hydrogen-bond donors (Lipinski definition) is 1. The fourth-order valence-electron chi connectivity index (χ4n) is 1.95. The molecule has 2 rings (SSSR count). The molecule has 1 aromatic carbocycles. The number of hydrogen-bond acceptors (Lipinski definition) is 3. The molecule has 3 nitrogen and oxygen atoms in total. The van der Waals surface area contributed by atoms with Crippen molar-refractivity contribution in [3.05, 3.63) is 54.2 Å². The molecule has 0 saturated carbocycles. The lowest BCUT2D eigenvalue weighted by molar-refractivity contribution is -0.115. The first-order chi connectivity index (χ1) is 10.4. The summed E-state index contributed by atoms with van der Waals surface area (Å²) >= 11 is 1.46. The summed E-state index contributed by atoms with van der Waals surface area (Å²) in [7, 11) is 0. The van der Waals surface area contributed by atoms with Gasteiger partial charge in [0.2, 0.25) is 5.91 Å². The molecule has 2 aromatic rings. The van der Waals surface area contributed by atoms with Crippen LogP contribution < -0.4 is 5.32 Å². The lowest BCUT2D eigenvalue weighted by Gasteiger charge is -2.19. The van der Waals surface area contributed by atoms with Crippen LogP contribution in [0.3, 0.4) is 0 Å². The lowest BCUT2D eigenvalue weighted by Crippen LogP contribution is -2.22. The molecular weight excluding hydrogens is 292 g/mol. The second-order valence-corrected chi connectivity index (χ2v) is 7.61. The number of nitrogens with zero attached hydrogens (tertiary/aromatic N) is 1. The van der Waals surface area contributed by atoms with Crippen molar-refractivity contribution in [2.45, 2.75) is 43.4 Å². The molecule has 0 saturated heterocycles. The highest BCUT2D eigenvalue weighted by atomic mass is 32.2. The van der Waals surface area contributed by atoms with Gasteiger partial charge < -0.3 is 5.32 Å². The number of amides is 1. The van der Waals surface area contributed by atoms with Gasteiger partial charge in [-0.15, -0.1) is 0 Å². The van der Waals surface area contributed by atoms with Gasteiger partial charge in [-0.25, -0.2) is 4.98 Å². The van der Waals surface area contributed by atoms with Crippen LogP contribution in [0.4, 0.5) is 5.69 Å². The summed E-state index contributed by atoms with van der Waals surface area (Å²) < 4.78 is 0.